The number of H-pyrrole nitrogens is 1. The predicted molar refractivity (Wildman–Crippen MR) is 120 cm³/mol. The van der Waals surface area contributed by atoms with Crippen LogP contribution in [0, 0.1) is 11.3 Å². The third-order valence-electron chi connectivity index (χ3n) is 6.14. The molecule has 3 heterocycles. The summed E-state index contributed by atoms with van der Waals surface area (Å²) in [4.78, 5) is 33.3. The van der Waals surface area contributed by atoms with Gasteiger partial charge in [-0.1, -0.05) is 20.8 Å². The Balaban J connectivity index is 1.78. The summed E-state index contributed by atoms with van der Waals surface area (Å²) < 4.78 is 27.5. The number of aromatic amines is 1. The van der Waals surface area contributed by atoms with E-state index < -0.39 is 30.3 Å². The summed E-state index contributed by atoms with van der Waals surface area (Å²) in [5.41, 5.74) is 1.32. The van der Waals surface area contributed by atoms with Gasteiger partial charge in [0.1, 0.15) is 11.6 Å². The number of nitrogens with one attached hydrogen (secondary N) is 3. The van der Waals surface area contributed by atoms with Crippen molar-refractivity contribution in [3.05, 3.63) is 16.9 Å². The number of amides is 2. The van der Waals surface area contributed by atoms with Gasteiger partial charge in [-0.25, -0.2) is 18.6 Å². The first-order chi connectivity index (χ1) is 14.9. The fourth-order valence-corrected chi connectivity index (χ4v) is 5.31. The van der Waals surface area contributed by atoms with E-state index >= 15 is 0 Å². The molecule has 2 fully saturated rings. The molecule has 4 N–H and O–H groups in total. The second-order valence-corrected chi connectivity index (χ2v) is 10.4. The Morgan fingerprint density at radius 3 is 2.66 bits per heavy atom. The van der Waals surface area contributed by atoms with Crippen LogP contribution in [-0.4, -0.2) is 51.6 Å². The number of halogens is 3. The van der Waals surface area contributed by atoms with E-state index in [1.807, 2.05) is 20.8 Å². The Morgan fingerprint density at radius 1 is 1.38 bits per heavy atom. The first kappa shape index (κ1) is 22.8. The molecule has 32 heavy (non-hydrogen) atoms. The van der Waals surface area contributed by atoms with Gasteiger partial charge in [-0.05, 0) is 34.2 Å². The molecule has 3 atom stereocenters. The lowest BCUT2D eigenvalue weighted by molar-refractivity contribution is -0.119. The number of anilines is 2. The Morgan fingerprint density at radius 2 is 2.06 bits per heavy atom. The highest BCUT2D eigenvalue weighted by molar-refractivity contribution is 9.10. The molecule has 4 rings (SSSR count). The molecular formula is C21H26BrF2N5O3. The normalized spacial score (nSPS) is 24.9. The maximum atomic E-state index is 13.4. The summed E-state index contributed by atoms with van der Waals surface area (Å²) in [6.45, 7) is 6.81. The van der Waals surface area contributed by atoms with Gasteiger partial charge in [0.25, 0.3) is 5.92 Å². The molecular weight excluding hydrogens is 488 g/mol. The van der Waals surface area contributed by atoms with Crippen LogP contribution in [0.4, 0.5) is 25.0 Å². The lowest BCUT2D eigenvalue weighted by Gasteiger charge is -2.49. The maximum Gasteiger partial charge on any atom is 0.404 e. The third kappa shape index (κ3) is 4.14. The van der Waals surface area contributed by atoms with Crippen molar-refractivity contribution in [2.45, 2.75) is 58.0 Å². The Kier molecular flexibility index (Phi) is 5.59. The monoisotopic (exact) mass is 513 g/mol. The van der Waals surface area contributed by atoms with Crippen molar-refractivity contribution in [3.8, 4) is 0 Å². The van der Waals surface area contributed by atoms with Gasteiger partial charge >= 0.3 is 6.09 Å². The van der Waals surface area contributed by atoms with Gasteiger partial charge in [0.15, 0.2) is 0 Å². The average molecular weight is 514 g/mol. The molecule has 1 aliphatic carbocycles. The minimum atomic E-state index is -2.96. The average Bonchev–Trinajstić information content (AvgIpc) is 3.14. The molecule has 174 valence electrons. The van der Waals surface area contributed by atoms with Crippen LogP contribution in [0.2, 0.25) is 0 Å². The van der Waals surface area contributed by atoms with Crippen molar-refractivity contribution < 1.29 is 23.5 Å². The lowest BCUT2D eigenvalue weighted by Crippen LogP contribution is -2.60. The zero-order valence-corrected chi connectivity index (χ0v) is 19.6. The van der Waals surface area contributed by atoms with Crippen LogP contribution in [0.25, 0.3) is 11.0 Å². The molecule has 0 bridgehead atoms. The molecule has 11 heteroatoms. The highest BCUT2D eigenvalue weighted by Crippen LogP contribution is 2.50. The molecule has 2 amide bonds. The summed E-state index contributed by atoms with van der Waals surface area (Å²) in [7, 11) is 0. The van der Waals surface area contributed by atoms with Crippen molar-refractivity contribution in [2.24, 2.45) is 11.3 Å². The largest absolute Gasteiger partial charge is 0.465 e. The van der Waals surface area contributed by atoms with Crippen LogP contribution < -0.4 is 15.5 Å². The van der Waals surface area contributed by atoms with Crippen molar-refractivity contribution in [1.29, 1.82) is 0 Å². The predicted octanol–water partition coefficient (Wildman–Crippen LogP) is 4.57. The molecule has 1 saturated heterocycles. The number of pyridine rings is 1. The Bertz CT molecular complexity index is 1070. The smallest absolute Gasteiger partial charge is 0.404 e. The number of carbonyl (C=O) groups excluding carboxylic acids is 1. The first-order valence-corrected chi connectivity index (χ1v) is 11.3. The fraction of sp³-hybridized carbons (Fsp3) is 0.571. The highest BCUT2D eigenvalue weighted by atomic mass is 79.9. The second-order valence-electron chi connectivity index (χ2n) is 9.59. The van der Waals surface area contributed by atoms with E-state index in [-0.39, 0.29) is 17.5 Å². The SMILES string of the molecule is CC(C)(C)C1[C@H](NC(=O)O)CCCN1c1c(Br)cnc2[nH]cc(NC(=O)C3CC3(F)F)c12. The van der Waals surface area contributed by atoms with Crippen LogP contribution in [0.5, 0.6) is 0 Å². The number of carbonyl (C=O) groups is 2. The van der Waals surface area contributed by atoms with Crippen LogP contribution >= 0.6 is 15.9 Å². The number of nitrogens with zero attached hydrogens (tertiary/aromatic N) is 2. The third-order valence-corrected chi connectivity index (χ3v) is 6.72. The number of fused-ring (bicyclic) bond motifs is 1. The van der Waals surface area contributed by atoms with Crippen molar-refractivity contribution >= 4 is 50.3 Å². The van der Waals surface area contributed by atoms with Gasteiger partial charge in [0.2, 0.25) is 5.91 Å². The maximum absolute atomic E-state index is 13.4. The summed E-state index contributed by atoms with van der Waals surface area (Å²) in [6, 6.07) is -0.501. The van der Waals surface area contributed by atoms with Gasteiger partial charge in [0.05, 0.1) is 33.3 Å². The zero-order valence-electron chi connectivity index (χ0n) is 18.0. The van der Waals surface area contributed by atoms with Gasteiger partial charge in [0, 0.05) is 25.4 Å². The van der Waals surface area contributed by atoms with E-state index in [9.17, 15) is 23.5 Å². The van der Waals surface area contributed by atoms with Gasteiger partial charge in [-0.2, -0.15) is 0 Å². The quantitative estimate of drug-likeness (QED) is 0.478. The summed E-state index contributed by atoms with van der Waals surface area (Å²) >= 11 is 3.57. The number of carboxylic acid groups (broad SMARTS) is 1. The van der Waals surface area contributed by atoms with Crippen molar-refractivity contribution in [2.75, 3.05) is 16.8 Å². The van der Waals surface area contributed by atoms with Crippen molar-refractivity contribution in [3.63, 3.8) is 0 Å². The van der Waals surface area contributed by atoms with Crippen LogP contribution in [-0.2, 0) is 4.79 Å². The number of rotatable bonds is 4. The number of aromatic nitrogens is 2. The van der Waals surface area contributed by atoms with Gasteiger partial charge in [-0.15, -0.1) is 0 Å². The number of alkyl halides is 2. The second kappa shape index (κ2) is 7.86. The zero-order chi connectivity index (χ0) is 23.4. The molecule has 1 saturated carbocycles. The summed E-state index contributed by atoms with van der Waals surface area (Å²) in [5, 5.41) is 15.3. The topological polar surface area (TPSA) is 110 Å². The van der Waals surface area contributed by atoms with Crippen molar-refractivity contribution in [1.82, 2.24) is 15.3 Å². The highest BCUT2D eigenvalue weighted by Gasteiger charge is 2.61. The lowest BCUT2D eigenvalue weighted by atomic mass is 9.77. The Hall–Kier alpha value is -2.43. The minimum Gasteiger partial charge on any atom is -0.465 e. The van der Waals surface area contributed by atoms with E-state index in [1.54, 1.807) is 12.4 Å². The first-order valence-electron chi connectivity index (χ1n) is 10.5. The van der Waals surface area contributed by atoms with Crippen LogP contribution in [0.15, 0.2) is 16.9 Å². The number of piperidine rings is 1. The molecule has 0 spiro atoms. The molecule has 0 aromatic carbocycles. The molecule has 2 aromatic heterocycles. The molecule has 2 aromatic rings. The van der Waals surface area contributed by atoms with E-state index in [0.717, 1.165) is 12.1 Å². The molecule has 1 aliphatic heterocycles. The molecule has 2 unspecified atom stereocenters. The van der Waals surface area contributed by atoms with Crippen LogP contribution in [0.3, 0.4) is 0 Å². The number of hydrogen-bond acceptors (Lipinski definition) is 4. The van der Waals surface area contributed by atoms with E-state index in [1.165, 1.54) is 0 Å². The number of hydrogen-bond donors (Lipinski definition) is 4. The standard InChI is InChI=1S/C21H26BrF2N5O3/c1-20(2,3)16-12(28-19(31)32)5-4-6-29(16)15-11(22)8-25-17-14(15)13(9-26-17)27-18(30)10-7-21(10,23)24/h8-10,12,16,28H,4-7H2,1-3H3,(H,25,26)(H,27,30)(H,31,32)/t10?,12-,16?/m1/s1. The summed E-state index contributed by atoms with van der Waals surface area (Å²) in [6.07, 6.45) is 3.12. The van der Waals surface area contributed by atoms with E-state index in [0.29, 0.717) is 34.2 Å². The molecule has 0 radical (unpaired) electrons. The van der Waals surface area contributed by atoms with E-state index in [4.69, 9.17) is 0 Å². The van der Waals surface area contributed by atoms with Gasteiger partial charge in [-0.3, -0.25) is 4.79 Å². The fourth-order valence-electron chi connectivity index (χ4n) is 4.78. The Labute approximate surface area is 192 Å². The minimum absolute atomic E-state index is 0.194. The summed E-state index contributed by atoms with van der Waals surface area (Å²) in [5.74, 6) is -5.01. The molecule has 2 aliphatic rings. The molecule has 8 nitrogen and oxygen atoms in total. The van der Waals surface area contributed by atoms with Crippen LogP contribution in [0.1, 0.15) is 40.0 Å². The van der Waals surface area contributed by atoms with E-state index in [2.05, 4.69) is 41.4 Å². The van der Waals surface area contributed by atoms with Gasteiger partial charge < -0.3 is 25.6 Å².